The molecule has 0 saturated heterocycles. The molecule has 1 fully saturated rings. The van der Waals surface area contributed by atoms with Crippen LogP contribution in [0, 0.1) is 5.92 Å². The Balaban J connectivity index is 2.13. The Bertz CT molecular complexity index is 561. The molecule has 0 bridgehead atoms. The van der Waals surface area contributed by atoms with Crippen LogP contribution in [0.5, 0.6) is 5.75 Å². The molecule has 3 atom stereocenters. The average Bonchev–Trinajstić information content (AvgIpc) is 2.64. The molecular formula is C25H42O2. The van der Waals surface area contributed by atoms with E-state index in [9.17, 15) is 10.2 Å². The molecule has 0 aliphatic heterocycles. The molecule has 0 heterocycles. The fourth-order valence-corrected chi connectivity index (χ4v) is 4.82. The van der Waals surface area contributed by atoms with E-state index in [1.165, 1.54) is 50.5 Å². The zero-order chi connectivity index (χ0) is 19.9. The van der Waals surface area contributed by atoms with Gasteiger partial charge in [-0.1, -0.05) is 78.4 Å². The lowest BCUT2D eigenvalue weighted by Crippen LogP contribution is -2.26. The van der Waals surface area contributed by atoms with E-state index in [4.69, 9.17) is 0 Å². The zero-order valence-corrected chi connectivity index (χ0v) is 18.1. The fourth-order valence-electron chi connectivity index (χ4n) is 4.82. The van der Waals surface area contributed by atoms with Gasteiger partial charge >= 0.3 is 0 Å². The molecule has 0 amide bonds. The van der Waals surface area contributed by atoms with Crippen molar-refractivity contribution in [3.05, 3.63) is 29.3 Å². The van der Waals surface area contributed by atoms with Gasteiger partial charge in [0.05, 0.1) is 6.10 Å². The summed E-state index contributed by atoms with van der Waals surface area (Å²) < 4.78 is 0. The third-order valence-corrected chi connectivity index (χ3v) is 6.76. The fraction of sp³-hybridized carbons (Fsp3) is 0.760. The van der Waals surface area contributed by atoms with Crippen molar-refractivity contribution < 1.29 is 10.2 Å². The summed E-state index contributed by atoms with van der Waals surface area (Å²) in [4.78, 5) is 0. The van der Waals surface area contributed by atoms with E-state index in [0.717, 1.165) is 31.2 Å². The van der Waals surface area contributed by atoms with Crippen LogP contribution in [0.25, 0.3) is 0 Å². The maximum Gasteiger partial charge on any atom is 0.119 e. The summed E-state index contributed by atoms with van der Waals surface area (Å²) in [7, 11) is 0. The van der Waals surface area contributed by atoms with Gasteiger partial charge in [0.15, 0.2) is 0 Å². The first-order valence-electron chi connectivity index (χ1n) is 11.4. The van der Waals surface area contributed by atoms with Crippen LogP contribution in [0.2, 0.25) is 0 Å². The van der Waals surface area contributed by atoms with Gasteiger partial charge in [-0.3, -0.25) is 0 Å². The highest BCUT2D eigenvalue weighted by molar-refractivity contribution is 5.42. The van der Waals surface area contributed by atoms with Crippen LogP contribution in [0.15, 0.2) is 18.2 Å². The van der Waals surface area contributed by atoms with Gasteiger partial charge in [-0.25, -0.2) is 0 Å². The Kier molecular flexibility index (Phi) is 8.66. The van der Waals surface area contributed by atoms with Gasteiger partial charge in [-0.05, 0) is 66.5 Å². The smallest absolute Gasteiger partial charge is 0.119 e. The average molecular weight is 375 g/mol. The lowest BCUT2D eigenvalue weighted by molar-refractivity contribution is 0.0897. The molecule has 0 radical (unpaired) electrons. The minimum absolute atomic E-state index is 0.0947. The van der Waals surface area contributed by atoms with Gasteiger partial charge < -0.3 is 10.2 Å². The number of rotatable bonds is 10. The van der Waals surface area contributed by atoms with Crippen molar-refractivity contribution in [2.75, 3.05) is 0 Å². The molecule has 154 valence electrons. The second kappa shape index (κ2) is 10.5. The summed E-state index contributed by atoms with van der Waals surface area (Å²) in [6.07, 6.45) is 12.5. The lowest BCUT2D eigenvalue weighted by atomic mass is 9.71. The molecule has 1 aliphatic carbocycles. The maximum absolute atomic E-state index is 10.9. The van der Waals surface area contributed by atoms with Gasteiger partial charge in [0.25, 0.3) is 0 Å². The number of phenols is 1. The first-order chi connectivity index (χ1) is 12.9. The maximum atomic E-state index is 10.9. The monoisotopic (exact) mass is 374 g/mol. The predicted octanol–water partition coefficient (Wildman–Crippen LogP) is 7.08. The molecule has 0 aromatic heterocycles. The van der Waals surface area contributed by atoms with Crippen LogP contribution in [-0.4, -0.2) is 16.3 Å². The Morgan fingerprint density at radius 3 is 2.41 bits per heavy atom. The first kappa shape index (κ1) is 22.3. The molecule has 1 aromatic rings. The van der Waals surface area contributed by atoms with Crippen LogP contribution in [0.1, 0.15) is 115 Å². The number of aliphatic hydroxyl groups is 1. The van der Waals surface area contributed by atoms with E-state index in [1.807, 2.05) is 6.07 Å². The number of hydrogen-bond acceptors (Lipinski definition) is 2. The molecule has 1 aliphatic rings. The van der Waals surface area contributed by atoms with Crippen LogP contribution in [0.3, 0.4) is 0 Å². The van der Waals surface area contributed by atoms with Crippen molar-refractivity contribution in [1.82, 2.24) is 0 Å². The van der Waals surface area contributed by atoms with E-state index < -0.39 is 0 Å². The normalized spacial score (nSPS) is 23.5. The molecule has 2 rings (SSSR count). The highest BCUT2D eigenvalue weighted by Gasteiger charge is 2.32. The summed E-state index contributed by atoms with van der Waals surface area (Å²) in [5, 5.41) is 21.1. The minimum atomic E-state index is -0.220. The molecule has 2 heteroatoms. The molecule has 1 saturated carbocycles. The van der Waals surface area contributed by atoms with Crippen molar-refractivity contribution in [2.24, 2.45) is 5.92 Å². The Hall–Kier alpha value is -1.02. The summed E-state index contributed by atoms with van der Waals surface area (Å²) in [6.45, 7) is 9.07. The number of aliphatic hydroxyl groups excluding tert-OH is 1. The number of hydrogen-bond donors (Lipinski definition) is 2. The Morgan fingerprint density at radius 1 is 1.00 bits per heavy atom. The SMILES string of the molecule is CCCCCCC(C)(C)c1ccc([C@H]2C[C@H](O)CCC2CCCC)c(O)c1. The quantitative estimate of drug-likeness (QED) is 0.430. The van der Waals surface area contributed by atoms with E-state index in [0.29, 0.717) is 17.6 Å². The van der Waals surface area contributed by atoms with Gasteiger partial charge in [-0.15, -0.1) is 0 Å². The molecule has 27 heavy (non-hydrogen) atoms. The minimum Gasteiger partial charge on any atom is -0.508 e. The van der Waals surface area contributed by atoms with Crippen molar-refractivity contribution in [2.45, 2.75) is 116 Å². The van der Waals surface area contributed by atoms with Crippen molar-refractivity contribution >= 4 is 0 Å². The highest BCUT2D eigenvalue weighted by atomic mass is 16.3. The molecule has 0 spiro atoms. The zero-order valence-electron chi connectivity index (χ0n) is 18.1. The second-order valence-electron chi connectivity index (χ2n) is 9.44. The number of phenolic OH excluding ortho intramolecular Hbond substituents is 1. The summed E-state index contributed by atoms with van der Waals surface area (Å²) in [6, 6.07) is 6.39. The van der Waals surface area contributed by atoms with Crippen LogP contribution < -0.4 is 0 Å². The van der Waals surface area contributed by atoms with Crippen molar-refractivity contribution in [1.29, 1.82) is 0 Å². The van der Waals surface area contributed by atoms with E-state index in [1.54, 1.807) is 0 Å². The largest absolute Gasteiger partial charge is 0.508 e. The second-order valence-corrected chi connectivity index (χ2v) is 9.44. The van der Waals surface area contributed by atoms with Gasteiger partial charge in [-0.2, -0.15) is 0 Å². The van der Waals surface area contributed by atoms with Gasteiger partial charge in [0, 0.05) is 0 Å². The molecule has 2 N–H and O–H groups in total. The summed E-state index contributed by atoms with van der Waals surface area (Å²) in [5.74, 6) is 1.32. The van der Waals surface area contributed by atoms with Crippen LogP contribution >= 0.6 is 0 Å². The molecule has 1 aromatic carbocycles. The van der Waals surface area contributed by atoms with Gasteiger partial charge in [0.2, 0.25) is 0 Å². The van der Waals surface area contributed by atoms with E-state index in [2.05, 4.69) is 39.8 Å². The van der Waals surface area contributed by atoms with Crippen molar-refractivity contribution in [3.8, 4) is 5.75 Å². The van der Waals surface area contributed by atoms with E-state index >= 15 is 0 Å². The number of unbranched alkanes of at least 4 members (excludes halogenated alkanes) is 4. The summed E-state index contributed by atoms with van der Waals surface area (Å²) >= 11 is 0. The summed E-state index contributed by atoms with van der Waals surface area (Å²) in [5.41, 5.74) is 2.39. The first-order valence-corrected chi connectivity index (χ1v) is 11.4. The van der Waals surface area contributed by atoms with Gasteiger partial charge in [0.1, 0.15) is 5.75 Å². The molecule has 1 unspecified atom stereocenters. The topological polar surface area (TPSA) is 40.5 Å². The van der Waals surface area contributed by atoms with Crippen LogP contribution in [-0.2, 0) is 5.41 Å². The molecular weight excluding hydrogens is 332 g/mol. The standard InChI is InChI=1S/C25H42O2/c1-5-7-9-10-16-25(3,4)20-13-15-22(24(27)17-20)23-18-21(26)14-12-19(23)11-8-6-2/h13,15,17,19,21,23,26-27H,5-12,14,16,18H2,1-4H3/t19?,21-,23+/m1/s1. The Morgan fingerprint density at radius 2 is 1.74 bits per heavy atom. The Labute approximate surface area is 167 Å². The van der Waals surface area contributed by atoms with E-state index in [-0.39, 0.29) is 11.5 Å². The highest BCUT2D eigenvalue weighted by Crippen LogP contribution is 2.44. The predicted molar refractivity (Wildman–Crippen MR) is 116 cm³/mol. The van der Waals surface area contributed by atoms with Crippen LogP contribution in [0.4, 0.5) is 0 Å². The third-order valence-electron chi connectivity index (χ3n) is 6.76. The number of aromatic hydroxyl groups is 1. The molecule has 2 nitrogen and oxygen atoms in total. The number of benzene rings is 1. The van der Waals surface area contributed by atoms with Crippen molar-refractivity contribution in [3.63, 3.8) is 0 Å². The lowest BCUT2D eigenvalue weighted by Gasteiger charge is -2.35. The third kappa shape index (κ3) is 6.24.